The molecule has 0 unspecified atom stereocenters. The van der Waals surface area contributed by atoms with Gasteiger partial charge in [0.05, 0.1) is 0 Å². The van der Waals surface area contributed by atoms with Crippen LogP contribution in [0.2, 0.25) is 0 Å². The van der Waals surface area contributed by atoms with Crippen molar-refractivity contribution in [3.63, 3.8) is 0 Å². The zero-order valence-electron chi connectivity index (χ0n) is 10.3. The molecule has 0 aliphatic heterocycles. The van der Waals surface area contributed by atoms with Crippen molar-refractivity contribution >= 4 is 6.21 Å². The first kappa shape index (κ1) is 12.4. The molecule has 0 saturated heterocycles. The second-order valence-corrected chi connectivity index (χ2v) is 4.27. The van der Waals surface area contributed by atoms with E-state index in [0.717, 1.165) is 23.1 Å². The number of benzene rings is 2. The van der Waals surface area contributed by atoms with E-state index in [-0.39, 0.29) is 0 Å². The van der Waals surface area contributed by atoms with Crippen molar-refractivity contribution in [2.45, 2.75) is 19.4 Å². The van der Waals surface area contributed by atoms with Crippen molar-refractivity contribution in [2.24, 2.45) is 0 Å². The number of aryl methyl sites for hydroxylation is 1. The Labute approximate surface area is 108 Å². The Morgan fingerprint density at radius 3 is 2.00 bits per heavy atom. The van der Waals surface area contributed by atoms with Gasteiger partial charge in [0.15, 0.2) is 12.8 Å². The molecular weight excluding hydrogens is 222 g/mol. The maximum Gasteiger partial charge on any atom is 0.178 e. The van der Waals surface area contributed by atoms with Crippen LogP contribution >= 0.6 is 0 Å². The minimum Gasteiger partial charge on any atom is -0.624 e. The maximum atomic E-state index is 11.7. The van der Waals surface area contributed by atoms with Gasteiger partial charge in [-0.3, -0.25) is 0 Å². The van der Waals surface area contributed by atoms with Gasteiger partial charge >= 0.3 is 0 Å². The summed E-state index contributed by atoms with van der Waals surface area (Å²) in [6, 6.07) is 20.0. The smallest absolute Gasteiger partial charge is 0.178 e. The summed E-state index contributed by atoms with van der Waals surface area (Å²) >= 11 is 0. The van der Waals surface area contributed by atoms with E-state index < -0.39 is 0 Å². The van der Waals surface area contributed by atoms with E-state index in [1.54, 1.807) is 6.21 Å². The summed E-state index contributed by atoms with van der Waals surface area (Å²) in [7, 11) is 0. The highest BCUT2D eigenvalue weighted by atomic mass is 16.5. The molecular formula is C16H17NO. The van der Waals surface area contributed by atoms with Crippen molar-refractivity contribution in [3.05, 3.63) is 77.0 Å². The first-order chi connectivity index (χ1) is 8.84. The summed E-state index contributed by atoms with van der Waals surface area (Å²) in [5, 5.41) is 11.7. The summed E-state index contributed by atoms with van der Waals surface area (Å²) in [6.07, 6.45) is 3.41. The lowest BCUT2D eigenvalue weighted by Crippen LogP contribution is -2.05. The normalized spacial score (nSPS) is 11.4. The van der Waals surface area contributed by atoms with Gasteiger partial charge < -0.3 is 5.21 Å². The predicted octanol–water partition coefficient (Wildman–Crippen LogP) is 3.40. The minimum atomic E-state index is 0.426. The van der Waals surface area contributed by atoms with Crippen LogP contribution in [-0.4, -0.2) is 11.0 Å². The average Bonchev–Trinajstić information content (AvgIpc) is 2.41. The summed E-state index contributed by atoms with van der Waals surface area (Å²) < 4.78 is 1.01. The summed E-state index contributed by atoms with van der Waals surface area (Å²) in [6.45, 7) is 0.426. The highest BCUT2D eigenvalue weighted by molar-refractivity contribution is 5.52. The molecule has 0 bridgehead atoms. The van der Waals surface area contributed by atoms with Gasteiger partial charge in [-0.25, -0.2) is 4.74 Å². The Morgan fingerprint density at radius 1 is 0.833 bits per heavy atom. The maximum absolute atomic E-state index is 11.7. The lowest BCUT2D eigenvalue weighted by atomic mass is 10.1. The van der Waals surface area contributed by atoms with Gasteiger partial charge in [-0.05, 0) is 12.0 Å². The van der Waals surface area contributed by atoms with Crippen LogP contribution in [0.5, 0.6) is 0 Å². The third-order valence-electron chi connectivity index (χ3n) is 2.79. The van der Waals surface area contributed by atoms with Gasteiger partial charge in [0.1, 0.15) is 0 Å². The Kier molecular flexibility index (Phi) is 4.53. The quantitative estimate of drug-likeness (QED) is 0.340. The molecule has 0 aliphatic rings. The molecule has 0 aliphatic carbocycles. The van der Waals surface area contributed by atoms with Crippen LogP contribution < -0.4 is 0 Å². The Morgan fingerprint density at radius 2 is 1.39 bits per heavy atom. The van der Waals surface area contributed by atoms with E-state index in [0.29, 0.717) is 6.54 Å². The molecule has 2 heteroatoms. The van der Waals surface area contributed by atoms with E-state index >= 15 is 0 Å². The van der Waals surface area contributed by atoms with Crippen LogP contribution in [0.15, 0.2) is 60.7 Å². The average molecular weight is 239 g/mol. The van der Waals surface area contributed by atoms with Crippen LogP contribution in [0.1, 0.15) is 17.5 Å². The van der Waals surface area contributed by atoms with E-state index in [9.17, 15) is 5.21 Å². The van der Waals surface area contributed by atoms with E-state index in [2.05, 4.69) is 12.1 Å². The number of nitrogens with zero attached hydrogens (tertiary/aromatic N) is 1. The number of hydroxylamine groups is 1. The second-order valence-electron chi connectivity index (χ2n) is 4.27. The highest BCUT2D eigenvalue weighted by Crippen LogP contribution is 2.02. The van der Waals surface area contributed by atoms with Crippen molar-refractivity contribution in [1.82, 2.24) is 0 Å². The molecule has 0 heterocycles. The lowest BCUT2D eigenvalue weighted by molar-refractivity contribution is -0.471. The molecule has 0 radical (unpaired) electrons. The number of hydrogen-bond donors (Lipinski definition) is 0. The van der Waals surface area contributed by atoms with E-state index in [1.807, 2.05) is 48.5 Å². The first-order valence-electron chi connectivity index (χ1n) is 6.19. The number of hydrogen-bond acceptors (Lipinski definition) is 1. The molecule has 18 heavy (non-hydrogen) atoms. The van der Waals surface area contributed by atoms with Gasteiger partial charge in [-0.15, -0.1) is 0 Å². The molecule has 0 fully saturated rings. The molecule has 0 atom stereocenters. The Balaban J connectivity index is 1.83. The van der Waals surface area contributed by atoms with Gasteiger partial charge in [0, 0.05) is 12.0 Å². The van der Waals surface area contributed by atoms with Crippen LogP contribution in [-0.2, 0) is 13.0 Å². The SMILES string of the molecule is [O-]/[N+](=C\CCc1ccccc1)Cc1ccccc1. The molecule has 2 nitrogen and oxygen atoms in total. The van der Waals surface area contributed by atoms with Gasteiger partial charge in [-0.2, -0.15) is 0 Å². The summed E-state index contributed by atoms with van der Waals surface area (Å²) in [5.74, 6) is 0. The number of rotatable bonds is 5. The molecule has 0 spiro atoms. The van der Waals surface area contributed by atoms with Gasteiger partial charge in [0.25, 0.3) is 0 Å². The van der Waals surface area contributed by atoms with E-state index in [1.165, 1.54) is 5.56 Å². The van der Waals surface area contributed by atoms with Gasteiger partial charge in [0.2, 0.25) is 0 Å². The van der Waals surface area contributed by atoms with Gasteiger partial charge in [-0.1, -0.05) is 60.7 Å². The fourth-order valence-electron chi connectivity index (χ4n) is 1.85. The predicted molar refractivity (Wildman–Crippen MR) is 74.6 cm³/mol. The summed E-state index contributed by atoms with van der Waals surface area (Å²) in [5.41, 5.74) is 2.31. The summed E-state index contributed by atoms with van der Waals surface area (Å²) in [4.78, 5) is 0. The fraction of sp³-hybridized carbons (Fsp3) is 0.188. The first-order valence-corrected chi connectivity index (χ1v) is 6.19. The monoisotopic (exact) mass is 239 g/mol. The largest absolute Gasteiger partial charge is 0.624 e. The fourth-order valence-corrected chi connectivity index (χ4v) is 1.85. The molecule has 0 saturated carbocycles. The van der Waals surface area contributed by atoms with Crippen LogP contribution in [0.25, 0.3) is 0 Å². The standard InChI is InChI=1S/C16H17NO/c18-17(14-16-10-5-2-6-11-16)13-7-12-15-8-3-1-4-9-15/h1-6,8-11,13H,7,12,14H2/b17-13-. The minimum absolute atomic E-state index is 0.426. The van der Waals surface area contributed by atoms with E-state index in [4.69, 9.17) is 0 Å². The Bertz CT molecular complexity index is 491. The molecule has 0 aromatic heterocycles. The van der Waals surface area contributed by atoms with Crippen molar-refractivity contribution < 1.29 is 4.74 Å². The topological polar surface area (TPSA) is 26.1 Å². The van der Waals surface area contributed by atoms with Crippen molar-refractivity contribution in [3.8, 4) is 0 Å². The molecule has 0 N–H and O–H groups in total. The zero-order valence-corrected chi connectivity index (χ0v) is 10.3. The molecule has 92 valence electrons. The Hall–Kier alpha value is -2.09. The van der Waals surface area contributed by atoms with Crippen LogP contribution in [0.3, 0.4) is 0 Å². The second kappa shape index (κ2) is 6.60. The highest BCUT2D eigenvalue weighted by Gasteiger charge is 1.97. The molecule has 2 rings (SSSR count). The molecule has 2 aromatic rings. The third kappa shape index (κ3) is 4.06. The third-order valence-corrected chi connectivity index (χ3v) is 2.79. The van der Waals surface area contributed by atoms with Crippen LogP contribution in [0, 0.1) is 5.21 Å². The molecule has 2 aromatic carbocycles. The lowest BCUT2D eigenvalue weighted by Gasteiger charge is -2.04. The zero-order chi connectivity index (χ0) is 12.6. The van der Waals surface area contributed by atoms with Crippen LogP contribution in [0.4, 0.5) is 0 Å². The van der Waals surface area contributed by atoms with Crippen molar-refractivity contribution in [2.75, 3.05) is 0 Å². The van der Waals surface area contributed by atoms with Crippen molar-refractivity contribution in [1.29, 1.82) is 0 Å². The molecule has 0 amide bonds.